The van der Waals surface area contributed by atoms with Gasteiger partial charge in [0.1, 0.15) is 18.8 Å². The van der Waals surface area contributed by atoms with Gasteiger partial charge >= 0.3 is 23.9 Å². The lowest BCUT2D eigenvalue weighted by atomic mass is 9.98. The van der Waals surface area contributed by atoms with Crippen molar-refractivity contribution in [2.24, 2.45) is 0 Å². The minimum Gasteiger partial charge on any atom is -0.479 e. The summed E-state index contributed by atoms with van der Waals surface area (Å²) in [6, 6.07) is 0. The molecule has 1 fully saturated rings. The molecule has 3 N–H and O–H groups in total. The molecule has 0 radical (unpaired) electrons. The number of unbranched alkanes of at least 4 members (excludes halogenated alkanes) is 14. The Labute approximate surface area is 465 Å². The van der Waals surface area contributed by atoms with Gasteiger partial charge in [0.2, 0.25) is 0 Å². The lowest BCUT2D eigenvalue weighted by molar-refractivity contribution is -0.301. The zero-order valence-electron chi connectivity index (χ0n) is 47.7. The van der Waals surface area contributed by atoms with Gasteiger partial charge in [-0.05, 0) is 116 Å². The number of carboxylic acids is 1. The molecular weight excluding hydrogens is 973 g/mol. The van der Waals surface area contributed by atoms with Crippen molar-refractivity contribution in [3.05, 3.63) is 122 Å². The second kappa shape index (κ2) is 51.9. The van der Waals surface area contributed by atoms with Crippen LogP contribution in [0.1, 0.15) is 213 Å². The molecule has 0 aromatic carbocycles. The van der Waals surface area contributed by atoms with E-state index in [1.54, 1.807) is 0 Å². The van der Waals surface area contributed by atoms with E-state index in [1.165, 1.54) is 25.7 Å². The number of carboxylic acid groups (broad SMARTS) is 1. The van der Waals surface area contributed by atoms with Crippen molar-refractivity contribution < 1.29 is 58.2 Å². The molecule has 1 aliphatic rings. The van der Waals surface area contributed by atoms with E-state index in [9.17, 15) is 34.5 Å². The molecule has 0 bridgehead atoms. The van der Waals surface area contributed by atoms with Crippen LogP contribution < -0.4 is 0 Å². The highest BCUT2D eigenvalue weighted by atomic mass is 16.7. The van der Waals surface area contributed by atoms with Crippen molar-refractivity contribution in [2.45, 2.75) is 250 Å². The van der Waals surface area contributed by atoms with Crippen LogP contribution in [0.2, 0.25) is 0 Å². The quantitative estimate of drug-likeness (QED) is 0.0228. The van der Waals surface area contributed by atoms with Crippen molar-refractivity contribution in [3.63, 3.8) is 0 Å². The van der Waals surface area contributed by atoms with Gasteiger partial charge in [-0.15, -0.1) is 0 Å². The molecular formula is C65H102O12. The third-order valence-corrected chi connectivity index (χ3v) is 12.5. The van der Waals surface area contributed by atoms with Crippen LogP contribution in [0.4, 0.5) is 0 Å². The molecule has 77 heavy (non-hydrogen) atoms. The Balaban J connectivity index is 2.75. The first kappa shape index (κ1) is 70.1. The number of aliphatic hydroxyl groups excluding tert-OH is 2. The summed E-state index contributed by atoms with van der Waals surface area (Å²) in [7, 11) is 0. The van der Waals surface area contributed by atoms with Crippen LogP contribution in [-0.4, -0.2) is 89.2 Å². The van der Waals surface area contributed by atoms with Crippen LogP contribution in [-0.2, 0) is 42.9 Å². The fraction of sp³-hybridized carbons (Fsp3) is 0.631. The lowest BCUT2D eigenvalue weighted by Crippen LogP contribution is -2.61. The first-order valence-electron chi connectivity index (χ1n) is 29.5. The van der Waals surface area contributed by atoms with Gasteiger partial charge in [-0.25, -0.2) is 4.79 Å². The monoisotopic (exact) mass is 1070 g/mol. The molecule has 6 atom stereocenters. The largest absolute Gasteiger partial charge is 0.479 e. The number of carbonyl (C=O) groups is 4. The maximum atomic E-state index is 13.1. The Kier molecular flexibility index (Phi) is 47.2. The van der Waals surface area contributed by atoms with Gasteiger partial charge in [0.25, 0.3) is 0 Å². The Morgan fingerprint density at radius 1 is 0.442 bits per heavy atom. The molecule has 0 aromatic heterocycles. The number of allylic oxidation sites excluding steroid dienone is 20. The summed E-state index contributed by atoms with van der Waals surface area (Å²) in [5.74, 6) is -3.28. The summed E-state index contributed by atoms with van der Waals surface area (Å²) in [5.41, 5.74) is 0. The molecule has 0 spiro atoms. The van der Waals surface area contributed by atoms with Gasteiger partial charge in [-0.1, -0.05) is 200 Å². The highest BCUT2D eigenvalue weighted by Gasteiger charge is 2.50. The average molecular weight is 1080 g/mol. The molecule has 6 unspecified atom stereocenters. The Morgan fingerprint density at radius 3 is 1.31 bits per heavy atom. The van der Waals surface area contributed by atoms with Crippen LogP contribution >= 0.6 is 0 Å². The van der Waals surface area contributed by atoms with Gasteiger partial charge < -0.3 is 39.0 Å². The molecule has 12 heteroatoms. The van der Waals surface area contributed by atoms with Crippen molar-refractivity contribution in [1.82, 2.24) is 0 Å². The summed E-state index contributed by atoms with van der Waals surface area (Å²) in [4.78, 5) is 51.1. The van der Waals surface area contributed by atoms with E-state index in [-0.39, 0.29) is 25.9 Å². The minimum atomic E-state index is -1.94. The first-order valence-corrected chi connectivity index (χ1v) is 29.5. The summed E-state index contributed by atoms with van der Waals surface area (Å²) in [5, 5.41) is 31.5. The van der Waals surface area contributed by atoms with Crippen molar-refractivity contribution >= 4 is 23.9 Å². The Bertz CT molecular complexity index is 1800. The van der Waals surface area contributed by atoms with Gasteiger partial charge in [0.05, 0.1) is 6.61 Å². The fourth-order valence-electron chi connectivity index (χ4n) is 8.05. The van der Waals surface area contributed by atoms with E-state index >= 15 is 0 Å². The molecule has 12 nitrogen and oxygen atoms in total. The molecule has 0 aliphatic carbocycles. The van der Waals surface area contributed by atoms with E-state index in [4.69, 9.17) is 23.7 Å². The molecule has 1 rings (SSSR count). The maximum absolute atomic E-state index is 13.1. The highest BCUT2D eigenvalue weighted by Crippen LogP contribution is 2.26. The van der Waals surface area contributed by atoms with Crippen LogP contribution in [0.15, 0.2) is 122 Å². The highest BCUT2D eigenvalue weighted by molar-refractivity contribution is 5.74. The minimum absolute atomic E-state index is 0.0733. The SMILES string of the molecule is CC/C=C\C/C=C\C/C=C\C/C=C\C/C=C\C/C=C\CCC(=O)OC1C(OCC(COC(=O)CCCCCCC/C=C\C/C=C\C/C=C\CC)OC(=O)CCCCCCC/C=C\CCCCCC)OC(C(=O)O)C(O)C1O. The molecule has 1 heterocycles. The predicted octanol–water partition coefficient (Wildman–Crippen LogP) is 15.2. The second-order valence-corrected chi connectivity index (χ2v) is 19.5. The molecule has 0 aromatic rings. The Hall–Kier alpha value is -4.88. The van der Waals surface area contributed by atoms with Crippen molar-refractivity contribution in [1.29, 1.82) is 0 Å². The van der Waals surface area contributed by atoms with Gasteiger partial charge in [-0.2, -0.15) is 0 Å². The molecule has 434 valence electrons. The number of rotatable bonds is 48. The third kappa shape index (κ3) is 41.8. The van der Waals surface area contributed by atoms with Gasteiger partial charge in [0, 0.05) is 19.3 Å². The maximum Gasteiger partial charge on any atom is 0.335 e. The standard InChI is InChI=1S/C65H102O12/c1-4-7-10-13-16-19-22-25-27-28-29-30-32-35-38-41-44-47-50-53-59(68)76-63-61(70)60(69)62(64(71)72)77-65(63)74-55-56(75-58(67)52-49-46-43-40-37-33-24-21-18-15-12-9-6-3)54-73-57(66)51-48-45-42-39-36-34-31-26-23-20-17-14-11-8-5-2/h7-8,10-11,16-17,19-21,24-27,29-31,35,38,44,47,56,60-63,65,69-70H,4-6,9,12-15,18,22-23,28,32-34,36-37,39-43,45-46,48-55H2,1-3H3,(H,71,72)/b10-7-,11-8-,19-16-,20-17-,24-21-,27-25-,30-29-,31-26-,38-35-,47-44-. The predicted molar refractivity (Wildman–Crippen MR) is 312 cm³/mol. The van der Waals surface area contributed by atoms with Crippen LogP contribution in [0.3, 0.4) is 0 Å². The number of esters is 3. The summed E-state index contributed by atoms with van der Waals surface area (Å²) in [6.07, 6.45) is 58.9. The fourth-order valence-corrected chi connectivity index (χ4v) is 8.05. The normalized spacial score (nSPS) is 18.9. The molecule has 1 aliphatic heterocycles. The third-order valence-electron chi connectivity index (χ3n) is 12.5. The average Bonchev–Trinajstić information content (AvgIpc) is 3.42. The van der Waals surface area contributed by atoms with Gasteiger partial charge in [0.15, 0.2) is 24.6 Å². The molecule has 0 amide bonds. The van der Waals surface area contributed by atoms with E-state index < -0.39 is 67.3 Å². The van der Waals surface area contributed by atoms with Crippen molar-refractivity contribution in [2.75, 3.05) is 13.2 Å². The van der Waals surface area contributed by atoms with E-state index in [1.807, 2.05) is 18.2 Å². The van der Waals surface area contributed by atoms with Crippen molar-refractivity contribution in [3.8, 4) is 0 Å². The number of hydrogen-bond donors (Lipinski definition) is 3. The van der Waals surface area contributed by atoms with Crippen LogP contribution in [0.25, 0.3) is 0 Å². The van der Waals surface area contributed by atoms with Crippen LogP contribution in [0.5, 0.6) is 0 Å². The summed E-state index contributed by atoms with van der Waals surface area (Å²) >= 11 is 0. The second-order valence-electron chi connectivity index (χ2n) is 19.5. The first-order chi connectivity index (χ1) is 37.6. The number of aliphatic hydroxyl groups is 2. The topological polar surface area (TPSA) is 175 Å². The number of carbonyl (C=O) groups excluding carboxylic acids is 3. The molecule has 1 saturated heterocycles. The number of hydrogen-bond acceptors (Lipinski definition) is 11. The zero-order chi connectivity index (χ0) is 56.1. The summed E-state index contributed by atoms with van der Waals surface area (Å²) < 4.78 is 28.3. The number of ether oxygens (including phenoxy) is 5. The van der Waals surface area contributed by atoms with Crippen LogP contribution in [0, 0.1) is 0 Å². The molecule has 0 saturated carbocycles. The van der Waals surface area contributed by atoms with E-state index in [0.717, 1.165) is 122 Å². The lowest BCUT2D eigenvalue weighted by Gasteiger charge is -2.40. The van der Waals surface area contributed by atoms with E-state index in [0.29, 0.717) is 25.7 Å². The van der Waals surface area contributed by atoms with E-state index in [2.05, 4.69) is 124 Å². The zero-order valence-corrected chi connectivity index (χ0v) is 47.7. The number of aliphatic carboxylic acids is 1. The summed E-state index contributed by atoms with van der Waals surface area (Å²) in [6.45, 7) is 5.68. The Morgan fingerprint density at radius 2 is 0.844 bits per heavy atom. The van der Waals surface area contributed by atoms with Gasteiger partial charge in [-0.3, -0.25) is 14.4 Å². The smallest absolute Gasteiger partial charge is 0.335 e.